The molecule has 17 heavy (non-hydrogen) atoms. The predicted molar refractivity (Wildman–Crippen MR) is 61.6 cm³/mol. The van der Waals surface area contributed by atoms with Crippen molar-refractivity contribution < 1.29 is 19.1 Å². The van der Waals surface area contributed by atoms with E-state index in [1.165, 1.54) is 0 Å². The summed E-state index contributed by atoms with van der Waals surface area (Å²) in [6.07, 6.45) is 0. The number of ether oxygens (including phenoxy) is 2. The normalized spacial score (nSPS) is 11.3. The monoisotopic (exact) mass is 242 g/mol. The summed E-state index contributed by atoms with van der Waals surface area (Å²) >= 11 is 0. The Kier molecular flexibility index (Phi) is 5.06. The number of nitrogens with zero attached hydrogens (tertiary/aromatic N) is 1. The van der Waals surface area contributed by atoms with Gasteiger partial charge in [0.25, 0.3) is 0 Å². The summed E-state index contributed by atoms with van der Waals surface area (Å²) in [6.45, 7) is 1.64. The number of benzene rings is 1. The number of amidine groups is 1. The van der Waals surface area contributed by atoms with E-state index in [0.717, 1.165) is 0 Å². The second-order valence-corrected chi connectivity index (χ2v) is 3.12. The second-order valence-electron chi connectivity index (χ2n) is 3.12. The van der Waals surface area contributed by atoms with E-state index in [1.807, 2.05) is 6.92 Å². The highest BCUT2D eigenvalue weighted by molar-refractivity contribution is 5.97. The highest BCUT2D eigenvalue weighted by Crippen LogP contribution is 2.28. The molecule has 0 saturated heterocycles. The Labute approximate surface area is 98.6 Å². The van der Waals surface area contributed by atoms with Crippen molar-refractivity contribution in [1.29, 1.82) is 0 Å². The molecule has 5 nitrogen and oxygen atoms in total. The van der Waals surface area contributed by atoms with Gasteiger partial charge >= 0.3 is 0 Å². The van der Waals surface area contributed by atoms with Crippen LogP contribution < -0.4 is 15.2 Å². The number of alkyl halides is 1. The van der Waals surface area contributed by atoms with Gasteiger partial charge in [-0.2, -0.15) is 0 Å². The van der Waals surface area contributed by atoms with E-state index < -0.39 is 6.67 Å². The van der Waals surface area contributed by atoms with E-state index in [1.54, 1.807) is 18.2 Å². The third-order valence-electron chi connectivity index (χ3n) is 1.98. The Bertz CT molecular complexity index is 396. The minimum absolute atomic E-state index is 0.0250. The molecule has 0 atom stereocenters. The number of nitrogens with two attached hydrogens (primary N) is 1. The Morgan fingerprint density at radius 1 is 1.41 bits per heavy atom. The first kappa shape index (κ1) is 13.1. The van der Waals surface area contributed by atoms with Crippen LogP contribution in [0.4, 0.5) is 4.39 Å². The van der Waals surface area contributed by atoms with Crippen LogP contribution in [0.25, 0.3) is 0 Å². The van der Waals surface area contributed by atoms with E-state index in [-0.39, 0.29) is 12.4 Å². The predicted octanol–water partition coefficient (Wildman–Crippen LogP) is 1.53. The average molecular weight is 242 g/mol. The summed E-state index contributed by atoms with van der Waals surface area (Å²) in [5, 5.41) is 11.5. The van der Waals surface area contributed by atoms with Gasteiger partial charge in [0.15, 0.2) is 17.3 Å². The molecular formula is C11H15FN2O3. The first-order valence-electron chi connectivity index (χ1n) is 5.16. The Morgan fingerprint density at radius 2 is 2.18 bits per heavy atom. The lowest BCUT2D eigenvalue weighted by molar-refractivity contribution is 0.251. The van der Waals surface area contributed by atoms with Crippen molar-refractivity contribution in [3.05, 3.63) is 23.8 Å². The van der Waals surface area contributed by atoms with Crippen LogP contribution in [0.3, 0.4) is 0 Å². The smallest absolute Gasteiger partial charge is 0.170 e. The van der Waals surface area contributed by atoms with Gasteiger partial charge in [0.05, 0.1) is 6.61 Å². The molecule has 1 aromatic rings. The molecule has 94 valence electrons. The third kappa shape index (κ3) is 3.51. The Morgan fingerprint density at radius 3 is 2.76 bits per heavy atom. The van der Waals surface area contributed by atoms with Gasteiger partial charge in [-0.05, 0) is 25.1 Å². The van der Waals surface area contributed by atoms with Gasteiger partial charge in [-0.25, -0.2) is 4.39 Å². The van der Waals surface area contributed by atoms with Crippen LogP contribution in [0.15, 0.2) is 23.4 Å². The summed E-state index contributed by atoms with van der Waals surface area (Å²) in [5.41, 5.74) is 5.96. The third-order valence-corrected chi connectivity index (χ3v) is 1.98. The Balaban J connectivity index is 2.99. The highest BCUT2D eigenvalue weighted by atomic mass is 19.1. The molecule has 0 heterocycles. The molecule has 0 aliphatic rings. The van der Waals surface area contributed by atoms with Crippen molar-refractivity contribution in [2.75, 3.05) is 19.9 Å². The topological polar surface area (TPSA) is 77.1 Å². The molecule has 3 N–H and O–H groups in total. The van der Waals surface area contributed by atoms with E-state index in [9.17, 15) is 4.39 Å². The van der Waals surface area contributed by atoms with Crippen molar-refractivity contribution in [2.24, 2.45) is 10.9 Å². The van der Waals surface area contributed by atoms with Crippen molar-refractivity contribution >= 4 is 5.84 Å². The van der Waals surface area contributed by atoms with Gasteiger partial charge in [0.2, 0.25) is 0 Å². The van der Waals surface area contributed by atoms with Gasteiger partial charge < -0.3 is 20.4 Å². The average Bonchev–Trinajstić information content (AvgIpc) is 2.36. The lowest BCUT2D eigenvalue weighted by atomic mass is 10.2. The summed E-state index contributed by atoms with van der Waals surface area (Å²) < 4.78 is 22.5. The molecule has 0 fully saturated rings. The summed E-state index contributed by atoms with van der Waals surface area (Å²) in [5.74, 6) is 0.840. The molecule has 0 amide bonds. The van der Waals surface area contributed by atoms with Crippen LogP contribution in [-0.2, 0) is 0 Å². The maximum Gasteiger partial charge on any atom is 0.170 e. The molecule has 0 bridgehead atoms. The zero-order valence-corrected chi connectivity index (χ0v) is 9.52. The number of hydrogen-bond donors (Lipinski definition) is 2. The van der Waals surface area contributed by atoms with Crippen LogP contribution >= 0.6 is 0 Å². The summed E-state index contributed by atoms with van der Waals surface area (Å²) in [7, 11) is 0. The number of halogens is 1. The lowest BCUT2D eigenvalue weighted by Gasteiger charge is -2.12. The molecular weight excluding hydrogens is 227 g/mol. The standard InChI is InChI=1S/C11H15FN2O3/c1-2-16-10-7-8(11(13)14-15)3-4-9(10)17-6-5-12/h3-4,7,15H,2,5-6H2,1H3,(H2,13,14). The lowest BCUT2D eigenvalue weighted by Crippen LogP contribution is -2.13. The molecule has 0 aliphatic heterocycles. The maximum absolute atomic E-state index is 12.0. The molecule has 1 aromatic carbocycles. The minimum Gasteiger partial charge on any atom is -0.490 e. The van der Waals surface area contributed by atoms with Crippen molar-refractivity contribution in [3.8, 4) is 11.5 Å². The van der Waals surface area contributed by atoms with Crippen LogP contribution in [0.5, 0.6) is 11.5 Å². The fourth-order valence-electron chi connectivity index (χ4n) is 1.26. The summed E-state index contributed by atoms with van der Waals surface area (Å²) in [6, 6.07) is 4.77. The minimum atomic E-state index is -0.576. The van der Waals surface area contributed by atoms with Gasteiger partial charge in [0, 0.05) is 5.56 Å². The first-order chi connectivity index (χ1) is 8.22. The van der Waals surface area contributed by atoms with Gasteiger partial charge in [-0.3, -0.25) is 0 Å². The SMILES string of the molecule is CCOc1cc(/C(N)=N/O)ccc1OCCF. The van der Waals surface area contributed by atoms with E-state index in [2.05, 4.69) is 5.16 Å². The van der Waals surface area contributed by atoms with Crippen molar-refractivity contribution in [1.82, 2.24) is 0 Å². The highest BCUT2D eigenvalue weighted by Gasteiger charge is 2.08. The zero-order valence-electron chi connectivity index (χ0n) is 9.52. The Hall–Kier alpha value is -1.98. The second kappa shape index (κ2) is 6.57. The molecule has 0 radical (unpaired) electrons. The number of rotatable bonds is 6. The van der Waals surface area contributed by atoms with Crippen LogP contribution in [0.1, 0.15) is 12.5 Å². The molecule has 0 aliphatic carbocycles. The van der Waals surface area contributed by atoms with Crippen LogP contribution in [0.2, 0.25) is 0 Å². The van der Waals surface area contributed by atoms with Gasteiger partial charge in [-0.15, -0.1) is 0 Å². The van der Waals surface area contributed by atoms with Crippen LogP contribution in [-0.4, -0.2) is 30.9 Å². The van der Waals surface area contributed by atoms with E-state index in [4.69, 9.17) is 20.4 Å². The quantitative estimate of drug-likeness (QED) is 0.343. The summed E-state index contributed by atoms with van der Waals surface area (Å²) in [4.78, 5) is 0. The van der Waals surface area contributed by atoms with E-state index >= 15 is 0 Å². The molecule has 0 unspecified atom stereocenters. The van der Waals surface area contributed by atoms with Gasteiger partial charge in [-0.1, -0.05) is 5.16 Å². The zero-order chi connectivity index (χ0) is 12.7. The van der Waals surface area contributed by atoms with Gasteiger partial charge in [0.1, 0.15) is 13.3 Å². The maximum atomic E-state index is 12.0. The van der Waals surface area contributed by atoms with Crippen LogP contribution in [0, 0.1) is 0 Å². The fraction of sp³-hybridized carbons (Fsp3) is 0.364. The van der Waals surface area contributed by atoms with Crippen molar-refractivity contribution in [3.63, 3.8) is 0 Å². The van der Waals surface area contributed by atoms with Crippen molar-refractivity contribution in [2.45, 2.75) is 6.92 Å². The largest absolute Gasteiger partial charge is 0.490 e. The molecule has 1 rings (SSSR count). The number of oxime groups is 1. The molecule has 0 aromatic heterocycles. The molecule has 6 heteroatoms. The van der Waals surface area contributed by atoms with E-state index in [0.29, 0.717) is 23.7 Å². The molecule has 0 spiro atoms. The number of hydrogen-bond acceptors (Lipinski definition) is 4. The first-order valence-corrected chi connectivity index (χ1v) is 5.16. The molecule has 0 saturated carbocycles. The fourth-order valence-corrected chi connectivity index (χ4v) is 1.26.